The smallest absolute Gasteiger partial charge is 0.251 e. The average Bonchev–Trinajstić information content (AvgIpc) is 3.33. The average molecular weight is 496 g/mol. The van der Waals surface area contributed by atoms with Crippen LogP contribution in [0.5, 0.6) is 5.75 Å². The van der Waals surface area contributed by atoms with Gasteiger partial charge in [0, 0.05) is 32.7 Å². The van der Waals surface area contributed by atoms with Gasteiger partial charge in [0.05, 0.1) is 16.3 Å². The Balaban J connectivity index is 1.57. The van der Waals surface area contributed by atoms with E-state index >= 15 is 0 Å². The lowest BCUT2D eigenvalue weighted by Gasteiger charge is -2.18. The second-order valence-electron chi connectivity index (χ2n) is 7.95. The molecule has 9 nitrogen and oxygen atoms in total. The molecule has 11 heteroatoms. The SMILES string of the molecule is Cc1ccc(C(=O)NCCOc2ccc(S(=O)(=O)N(C)C)cc2)cc1S(=O)(=O)N1CCCC1. The molecular weight excluding hydrogens is 466 g/mol. The molecule has 2 aromatic carbocycles. The van der Waals surface area contributed by atoms with Gasteiger partial charge in [0.15, 0.2) is 0 Å². The van der Waals surface area contributed by atoms with E-state index in [1.807, 2.05) is 0 Å². The molecule has 180 valence electrons. The fourth-order valence-corrected chi connectivity index (χ4v) is 6.11. The van der Waals surface area contributed by atoms with Gasteiger partial charge in [0.25, 0.3) is 5.91 Å². The zero-order valence-electron chi connectivity index (χ0n) is 18.9. The lowest BCUT2D eigenvalue weighted by molar-refractivity contribution is 0.0946. The first-order chi connectivity index (χ1) is 15.5. The van der Waals surface area contributed by atoms with Crippen molar-refractivity contribution >= 4 is 26.0 Å². The minimum Gasteiger partial charge on any atom is -0.492 e. The van der Waals surface area contributed by atoms with Crippen molar-refractivity contribution in [1.29, 1.82) is 0 Å². The molecule has 0 aromatic heterocycles. The first kappa shape index (κ1) is 25.2. The lowest BCUT2D eigenvalue weighted by atomic mass is 10.1. The molecule has 1 fully saturated rings. The number of hydrogen-bond acceptors (Lipinski definition) is 6. The maximum Gasteiger partial charge on any atom is 0.251 e. The lowest BCUT2D eigenvalue weighted by Crippen LogP contribution is -2.30. The van der Waals surface area contributed by atoms with Crippen molar-refractivity contribution in [2.45, 2.75) is 29.6 Å². The third kappa shape index (κ3) is 5.72. The summed E-state index contributed by atoms with van der Waals surface area (Å²) in [7, 11) is -4.21. The zero-order chi connectivity index (χ0) is 24.2. The van der Waals surface area contributed by atoms with Gasteiger partial charge in [-0.3, -0.25) is 4.79 Å². The van der Waals surface area contributed by atoms with Crippen LogP contribution >= 0.6 is 0 Å². The Hall–Kier alpha value is -2.47. The normalized spacial score (nSPS) is 15.0. The molecule has 0 spiro atoms. The van der Waals surface area contributed by atoms with Gasteiger partial charge in [-0.15, -0.1) is 0 Å². The van der Waals surface area contributed by atoms with Crippen molar-refractivity contribution < 1.29 is 26.4 Å². The Morgan fingerprint density at radius 3 is 2.27 bits per heavy atom. The minimum atomic E-state index is -3.62. The van der Waals surface area contributed by atoms with E-state index in [-0.39, 0.29) is 28.5 Å². The van der Waals surface area contributed by atoms with E-state index in [1.54, 1.807) is 31.2 Å². The number of benzene rings is 2. The second-order valence-corrected chi connectivity index (χ2v) is 12.0. The van der Waals surface area contributed by atoms with E-state index in [4.69, 9.17) is 4.74 Å². The summed E-state index contributed by atoms with van der Waals surface area (Å²) < 4.78 is 58.1. The van der Waals surface area contributed by atoms with Gasteiger partial charge >= 0.3 is 0 Å². The van der Waals surface area contributed by atoms with Crippen molar-refractivity contribution in [2.24, 2.45) is 0 Å². The highest BCUT2D eigenvalue weighted by molar-refractivity contribution is 7.89. The molecule has 1 N–H and O–H groups in total. The van der Waals surface area contributed by atoms with Gasteiger partial charge in [0.1, 0.15) is 12.4 Å². The minimum absolute atomic E-state index is 0.154. The summed E-state index contributed by atoms with van der Waals surface area (Å²) in [6.45, 7) is 3.07. The third-order valence-electron chi connectivity index (χ3n) is 5.39. The Morgan fingerprint density at radius 2 is 1.67 bits per heavy atom. The number of aryl methyl sites for hydroxylation is 1. The van der Waals surface area contributed by atoms with Gasteiger partial charge in [-0.2, -0.15) is 4.31 Å². The quantitative estimate of drug-likeness (QED) is 0.531. The molecule has 1 aliphatic rings. The molecule has 2 aromatic rings. The number of nitrogens with one attached hydrogen (secondary N) is 1. The van der Waals surface area contributed by atoms with E-state index in [2.05, 4.69) is 5.32 Å². The van der Waals surface area contributed by atoms with Crippen LogP contribution in [0.2, 0.25) is 0 Å². The van der Waals surface area contributed by atoms with E-state index in [1.165, 1.54) is 36.6 Å². The highest BCUT2D eigenvalue weighted by atomic mass is 32.2. The maximum absolute atomic E-state index is 12.9. The third-order valence-corrected chi connectivity index (χ3v) is 9.26. The zero-order valence-corrected chi connectivity index (χ0v) is 20.6. The topological polar surface area (TPSA) is 113 Å². The van der Waals surface area contributed by atoms with Crippen molar-refractivity contribution in [1.82, 2.24) is 13.9 Å². The van der Waals surface area contributed by atoms with Crippen LogP contribution in [0.4, 0.5) is 0 Å². The Morgan fingerprint density at radius 1 is 1.03 bits per heavy atom. The number of hydrogen-bond donors (Lipinski definition) is 1. The molecular formula is C22H29N3O6S2. The number of nitrogens with zero attached hydrogens (tertiary/aromatic N) is 2. The maximum atomic E-state index is 12.9. The Labute approximate surface area is 195 Å². The van der Waals surface area contributed by atoms with Crippen LogP contribution in [-0.2, 0) is 20.0 Å². The summed E-state index contributed by atoms with van der Waals surface area (Å²) in [5, 5.41) is 2.71. The second kappa shape index (κ2) is 10.2. The molecule has 1 amide bonds. The molecule has 0 aliphatic carbocycles. The van der Waals surface area contributed by atoms with Gasteiger partial charge in [-0.25, -0.2) is 21.1 Å². The Kier molecular flexibility index (Phi) is 7.78. The summed E-state index contributed by atoms with van der Waals surface area (Å²) in [5.74, 6) is 0.0696. The molecule has 0 unspecified atom stereocenters. The molecule has 0 bridgehead atoms. The summed E-state index contributed by atoms with van der Waals surface area (Å²) in [6.07, 6.45) is 1.68. The molecule has 1 aliphatic heterocycles. The molecule has 3 rings (SSSR count). The molecule has 0 saturated carbocycles. The number of ether oxygens (including phenoxy) is 1. The van der Waals surface area contributed by atoms with Crippen molar-refractivity contribution in [3.63, 3.8) is 0 Å². The van der Waals surface area contributed by atoms with Gasteiger partial charge < -0.3 is 10.1 Å². The number of sulfonamides is 2. The molecule has 1 saturated heterocycles. The van der Waals surface area contributed by atoms with Crippen LogP contribution in [-0.4, -0.2) is 71.7 Å². The fraction of sp³-hybridized carbons (Fsp3) is 0.409. The van der Waals surface area contributed by atoms with Crippen LogP contribution in [0, 0.1) is 6.92 Å². The number of carbonyl (C=O) groups is 1. The number of amides is 1. The first-order valence-electron chi connectivity index (χ1n) is 10.6. The van der Waals surface area contributed by atoms with Crippen LogP contribution in [0.3, 0.4) is 0 Å². The van der Waals surface area contributed by atoms with E-state index in [0.717, 1.165) is 17.1 Å². The summed E-state index contributed by atoms with van der Waals surface area (Å²) >= 11 is 0. The van der Waals surface area contributed by atoms with Crippen molar-refractivity contribution in [3.05, 3.63) is 53.6 Å². The first-order valence-corrected chi connectivity index (χ1v) is 13.5. The summed E-state index contributed by atoms with van der Waals surface area (Å²) in [5.41, 5.74) is 0.859. The molecule has 0 atom stereocenters. The van der Waals surface area contributed by atoms with E-state index in [9.17, 15) is 21.6 Å². The fourth-order valence-electron chi connectivity index (χ4n) is 3.44. The highest BCUT2D eigenvalue weighted by Gasteiger charge is 2.29. The predicted octanol–water partition coefficient (Wildman–Crippen LogP) is 1.84. The standard InChI is InChI=1S/C22H29N3O6S2/c1-17-6-7-18(16-21(17)33(29,30)25-13-4-5-14-25)22(26)23-12-15-31-19-8-10-20(11-9-19)32(27,28)24(2)3/h6-11,16H,4-5,12-15H2,1-3H3,(H,23,26). The number of carbonyl (C=O) groups excluding carboxylic acids is 1. The highest BCUT2D eigenvalue weighted by Crippen LogP contribution is 2.24. The summed E-state index contributed by atoms with van der Waals surface area (Å²) in [6, 6.07) is 10.7. The van der Waals surface area contributed by atoms with Crippen LogP contribution in [0.1, 0.15) is 28.8 Å². The molecule has 33 heavy (non-hydrogen) atoms. The van der Waals surface area contributed by atoms with Gasteiger partial charge in [-0.1, -0.05) is 6.07 Å². The largest absolute Gasteiger partial charge is 0.492 e. The van der Waals surface area contributed by atoms with Crippen molar-refractivity contribution in [2.75, 3.05) is 40.3 Å². The van der Waals surface area contributed by atoms with Crippen molar-refractivity contribution in [3.8, 4) is 5.75 Å². The molecule has 1 heterocycles. The van der Waals surface area contributed by atoms with E-state index in [0.29, 0.717) is 24.4 Å². The molecule has 0 radical (unpaired) electrons. The van der Waals surface area contributed by atoms with Crippen LogP contribution in [0.25, 0.3) is 0 Å². The van der Waals surface area contributed by atoms with E-state index < -0.39 is 26.0 Å². The summed E-state index contributed by atoms with van der Waals surface area (Å²) in [4.78, 5) is 12.9. The van der Waals surface area contributed by atoms with Gasteiger partial charge in [-0.05, 0) is 61.7 Å². The Bertz CT molecular complexity index is 1200. The number of rotatable bonds is 9. The van der Waals surface area contributed by atoms with Crippen LogP contribution < -0.4 is 10.1 Å². The predicted molar refractivity (Wildman–Crippen MR) is 124 cm³/mol. The van der Waals surface area contributed by atoms with Crippen LogP contribution in [0.15, 0.2) is 52.3 Å². The van der Waals surface area contributed by atoms with Gasteiger partial charge in [0.2, 0.25) is 20.0 Å². The monoisotopic (exact) mass is 495 g/mol.